The van der Waals surface area contributed by atoms with Gasteiger partial charge in [-0.2, -0.15) is 15.2 Å². The second-order valence-electron chi connectivity index (χ2n) is 8.17. The third kappa shape index (κ3) is 6.23. The molecule has 2 N–H and O–H groups in total. The number of anilines is 4. The van der Waals surface area contributed by atoms with E-state index in [2.05, 4.69) is 43.5 Å². The van der Waals surface area contributed by atoms with Crippen molar-refractivity contribution in [3.8, 4) is 6.07 Å². The number of thiazole rings is 1. The van der Waals surface area contributed by atoms with Gasteiger partial charge >= 0.3 is 5.97 Å². The molecular weight excluding hydrogens is 464 g/mol. The molecule has 0 saturated carbocycles. The van der Waals surface area contributed by atoms with Gasteiger partial charge in [0.1, 0.15) is 16.5 Å². The van der Waals surface area contributed by atoms with Crippen LogP contribution in [0.3, 0.4) is 0 Å². The van der Waals surface area contributed by atoms with Crippen molar-refractivity contribution in [1.82, 2.24) is 19.9 Å². The van der Waals surface area contributed by atoms with E-state index in [1.807, 2.05) is 18.2 Å². The van der Waals surface area contributed by atoms with Gasteiger partial charge in [0.15, 0.2) is 5.13 Å². The quantitative estimate of drug-likeness (QED) is 0.453. The first-order valence-corrected chi connectivity index (χ1v) is 12.2. The number of piperazine rings is 1. The fourth-order valence-electron chi connectivity index (χ4n) is 3.60. The SMILES string of the molecule is CCOC(=O)c1sc(Nc2nc(NCc3ccc(C#N)cc3)cc(N3CCN(C)CC3)n2)nc1C. The number of benzene rings is 1. The molecule has 0 amide bonds. The molecule has 0 radical (unpaired) electrons. The summed E-state index contributed by atoms with van der Waals surface area (Å²) in [6.07, 6.45) is 0. The van der Waals surface area contributed by atoms with Crippen LogP contribution in [0.2, 0.25) is 0 Å². The molecule has 1 aliphatic rings. The van der Waals surface area contributed by atoms with Gasteiger partial charge in [0.25, 0.3) is 0 Å². The van der Waals surface area contributed by atoms with Crippen LogP contribution < -0.4 is 15.5 Å². The summed E-state index contributed by atoms with van der Waals surface area (Å²) in [7, 11) is 2.11. The van der Waals surface area contributed by atoms with Crippen LogP contribution in [-0.2, 0) is 11.3 Å². The zero-order valence-electron chi connectivity index (χ0n) is 20.0. The minimum absolute atomic E-state index is 0.309. The second-order valence-corrected chi connectivity index (χ2v) is 9.17. The number of nitrogens with zero attached hydrogens (tertiary/aromatic N) is 6. The summed E-state index contributed by atoms with van der Waals surface area (Å²) in [6.45, 7) is 8.05. The lowest BCUT2D eigenvalue weighted by Gasteiger charge is -2.33. The van der Waals surface area contributed by atoms with Gasteiger partial charge in [0.2, 0.25) is 5.95 Å². The standard InChI is InChI=1S/C24H28N8O2S/c1-4-34-22(33)21-16(2)27-24(35-21)30-23-28-19(26-15-18-7-5-17(14-25)6-8-18)13-20(29-23)32-11-9-31(3)10-12-32/h5-8,13H,4,9-12,15H2,1-3H3,(H2,26,27,28,29,30). The van der Waals surface area contributed by atoms with Crippen LogP contribution in [0.5, 0.6) is 0 Å². The molecule has 1 aliphatic heterocycles. The highest BCUT2D eigenvalue weighted by molar-refractivity contribution is 7.17. The molecule has 1 fully saturated rings. The Kier molecular flexibility index (Phi) is 7.74. The predicted octanol–water partition coefficient (Wildman–Crippen LogP) is 3.40. The van der Waals surface area contributed by atoms with Gasteiger partial charge in [-0.1, -0.05) is 23.5 Å². The Morgan fingerprint density at radius 1 is 1.17 bits per heavy atom. The van der Waals surface area contributed by atoms with E-state index in [-0.39, 0.29) is 5.97 Å². The third-order valence-corrected chi connectivity index (χ3v) is 6.63. The molecule has 0 spiro atoms. The maximum Gasteiger partial charge on any atom is 0.350 e. The number of rotatable bonds is 8. The monoisotopic (exact) mass is 492 g/mol. The van der Waals surface area contributed by atoms with Crippen molar-refractivity contribution in [3.05, 3.63) is 52.0 Å². The number of ether oxygens (including phenoxy) is 1. The van der Waals surface area contributed by atoms with Crippen molar-refractivity contribution in [2.45, 2.75) is 20.4 Å². The van der Waals surface area contributed by atoms with Crippen molar-refractivity contribution < 1.29 is 9.53 Å². The van der Waals surface area contributed by atoms with Crippen LogP contribution in [0.25, 0.3) is 0 Å². The van der Waals surface area contributed by atoms with Crippen molar-refractivity contribution in [2.24, 2.45) is 0 Å². The van der Waals surface area contributed by atoms with E-state index in [1.165, 1.54) is 11.3 Å². The summed E-state index contributed by atoms with van der Waals surface area (Å²) in [5, 5.41) is 16.1. The number of carbonyl (C=O) groups excluding carboxylic acids is 1. The first-order chi connectivity index (χ1) is 16.9. The number of nitrogens with one attached hydrogen (secondary N) is 2. The number of carbonyl (C=O) groups is 1. The third-order valence-electron chi connectivity index (χ3n) is 5.57. The topological polar surface area (TPSA) is 119 Å². The van der Waals surface area contributed by atoms with Crippen LogP contribution in [0.15, 0.2) is 30.3 Å². The fraction of sp³-hybridized carbons (Fsp3) is 0.375. The molecule has 182 valence electrons. The smallest absolute Gasteiger partial charge is 0.350 e. The van der Waals surface area contributed by atoms with E-state index < -0.39 is 0 Å². The average molecular weight is 493 g/mol. The molecule has 10 nitrogen and oxygen atoms in total. The number of hydrogen-bond acceptors (Lipinski definition) is 11. The molecule has 4 rings (SSSR count). The Labute approximate surface area is 208 Å². The second kappa shape index (κ2) is 11.1. The Bertz CT molecular complexity index is 1210. The Morgan fingerprint density at radius 2 is 1.91 bits per heavy atom. The summed E-state index contributed by atoms with van der Waals surface area (Å²) < 4.78 is 5.12. The van der Waals surface area contributed by atoms with Gasteiger partial charge in [-0.05, 0) is 38.6 Å². The van der Waals surface area contributed by atoms with Gasteiger partial charge in [-0.25, -0.2) is 9.78 Å². The predicted molar refractivity (Wildman–Crippen MR) is 136 cm³/mol. The Balaban J connectivity index is 1.56. The number of aromatic nitrogens is 3. The number of esters is 1. The highest BCUT2D eigenvalue weighted by Gasteiger charge is 2.20. The number of aryl methyl sites for hydroxylation is 1. The summed E-state index contributed by atoms with van der Waals surface area (Å²) in [5.74, 6) is 1.50. The molecule has 2 aromatic heterocycles. The van der Waals surface area contributed by atoms with Crippen LogP contribution in [0.4, 0.5) is 22.7 Å². The van der Waals surface area contributed by atoms with Gasteiger partial charge < -0.3 is 19.9 Å². The van der Waals surface area contributed by atoms with Crippen LogP contribution >= 0.6 is 11.3 Å². The van der Waals surface area contributed by atoms with Crippen molar-refractivity contribution in [2.75, 3.05) is 55.4 Å². The largest absolute Gasteiger partial charge is 0.462 e. The Morgan fingerprint density at radius 3 is 2.60 bits per heavy atom. The van der Waals surface area contributed by atoms with E-state index in [4.69, 9.17) is 15.0 Å². The molecule has 1 saturated heterocycles. The van der Waals surface area contributed by atoms with Gasteiger partial charge in [-0.15, -0.1) is 0 Å². The first-order valence-electron chi connectivity index (χ1n) is 11.4. The number of likely N-dealkylation sites (N-methyl/N-ethyl adjacent to an activating group) is 1. The number of hydrogen-bond donors (Lipinski definition) is 2. The Hall–Kier alpha value is -3.75. The molecule has 1 aromatic carbocycles. The van der Waals surface area contributed by atoms with Gasteiger partial charge in [0.05, 0.1) is 23.9 Å². The molecule has 11 heteroatoms. The summed E-state index contributed by atoms with van der Waals surface area (Å²) >= 11 is 1.22. The summed E-state index contributed by atoms with van der Waals surface area (Å²) in [6, 6.07) is 11.5. The van der Waals surface area contributed by atoms with Crippen LogP contribution in [0.1, 0.15) is 33.4 Å². The summed E-state index contributed by atoms with van der Waals surface area (Å²) in [5.41, 5.74) is 2.26. The lowest BCUT2D eigenvalue weighted by atomic mass is 10.1. The van der Waals surface area contributed by atoms with Crippen LogP contribution in [-0.4, -0.2) is 65.7 Å². The minimum Gasteiger partial charge on any atom is -0.462 e. The molecule has 0 aliphatic carbocycles. The van der Waals surface area contributed by atoms with Crippen LogP contribution in [0, 0.1) is 18.3 Å². The molecule has 0 unspecified atom stereocenters. The minimum atomic E-state index is -0.382. The van der Waals surface area contributed by atoms with Gasteiger partial charge in [0, 0.05) is 38.8 Å². The molecule has 0 bridgehead atoms. The zero-order valence-corrected chi connectivity index (χ0v) is 20.9. The summed E-state index contributed by atoms with van der Waals surface area (Å²) in [4.78, 5) is 31.0. The molecule has 0 atom stereocenters. The fourth-order valence-corrected chi connectivity index (χ4v) is 4.45. The highest BCUT2D eigenvalue weighted by Crippen LogP contribution is 2.27. The zero-order chi connectivity index (χ0) is 24.8. The van der Waals surface area contributed by atoms with Crippen molar-refractivity contribution in [1.29, 1.82) is 5.26 Å². The van der Waals surface area contributed by atoms with E-state index in [0.29, 0.717) is 46.2 Å². The maximum atomic E-state index is 12.2. The van der Waals surface area contributed by atoms with E-state index in [9.17, 15) is 4.79 Å². The highest BCUT2D eigenvalue weighted by atomic mass is 32.1. The first kappa shape index (κ1) is 24.4. The lowest BCUT2D eigenvalue weighted by Crippen LogP contribution is -2.44. The molecule has 3 aromatic rings. The van der Waals surface area contributed by atoms with E-state index >= 15 is 0 Å². The number of nitriles is 1. The molecule has 3 heterocycles. The maximum absolute atomic E-state index is 12.2. The average Bonchev–Trinajstić information content (AvgIpc) is 3.23. The van der Waals surface area contributed by atoms with E-state index in [0.717, 1.165) is 37.6 Å². The van der Waals surface area contributed by atoms with E-state index in [1.54, 1.807) is 26.0 Å². The van der Waals surface area contributed by atoms with Gasteiger partial charge in [-0.3, -0.25) is 5.32 Å². The molecular formula is C24H28N8O2S. The normalized spacial score (nSPS) is 13.8. The van der Waals surface area contributed by atoms with Crippen molar-refractivity contribution in [3.63, 3.8) is 0 Å². The lowest BCUT2D eigenvalue weighted by molar-refractivity contribution is 0.0531. The molecule has 35 heavy (non-hydrogen) atoms. The van der Waals surface area contributed by atoms with Crippen molar-refractivity contribution >= 4 is 40.0 Å².